The summed E-state index contributed by atoms with van der Waals surface area (Å²) in [5.74, 6) is -2.32. The van der Waals surface area contributed by atoms with E-state index in [1.165, 1.54) is 7.11 Å². The van der Waals surface area contributed by atoms with Crippen molar-refractivity contribution in [1.29, 1.82) is 0 Å². The molecule has 1 unspecified atom stereocenters. The average molecular weight is 449 g/mol. The normalized spacial score (nSPS) is 19.2. The third-order valence-electron chi connectivity index (χ3n) is 4.82. The van der Waals surface area contributed by atoms with E-state index in [1.807, 2.05) is 24.3 Å². The van der Waals surface area contributed by atoms with E-state index in [-0.39, 0.29) is 23.8 Å². The maximum Gasteiger partial charge on any atom is 0.337 e. The Morgan fingerprint density at radius 1 is 1.29 bits per heavy atom. The number of halogens is 1. The number of ether oxygens (including phenoxy) is 2. The Bertz CT molecular complexity index is 906. The first-order valence-corrected chi connectivity index (χ1v) is 9.71. The van der Waals surface area contributed by atoms with Gasteiger partial charge in [0.15, 0.2) is 0 Å². The predicted octanol–water partition coefficient (Wildman–Crippen LogP) is 2.24. The highest BCUT2D eigenvalue weighted by molar-refractivity contribution is 9.10. The van der Waals surface area contributed by atoms with E-state index in [0.29, 0.717) is 29.9 Å². The smallest absolute Gasteiger partial charge is 0.337 e. The van der Waals surface area contributed by atoms with Gasteiger partial charge < -0.3 is 19.7 Å². The molecule has 2 aliphatic rings. The van der Waals surface area contributed by atoms with Crippen LogP contribution in [-0.4, -0.2) is 49.6 Å². The van der Waals surface area contributed by atoms with Crippen molar-refractivity contribution >= 4 is 33.8 Å². The number of esters is 2. The molecule has 0 saturated carbocycles. The molecular formula is C20H21BrN2O5. The van der Waals surface area contributed by atoms with Gasteiger partial charge in [0.2, 0.25) is 0 Å². The number of allylic oxidation sites excluding steroid dienone is 1. The summed E-state index contributed by atoms with van der Waals surface area (Å²) >= 11 is 3.43. The van der Waals surface area contributed by atoms with Crippen molar-refractivity contribution in [1.82, 2.24) is 10.2 Å². The Hall–Kier alpha value is -2.61. The number of hydrogen-bond acceptors (Lipinski definition) is 6. The fourth-order valence-electron chi connectivity index (χ4n) is 3.66. The van der Waals surface area contributed by atoms with Crippen molar-refractivity contribution in [3.8, 4) is 0 Å². The van der Waals surface area contributed by atoms with E-state index < -0.39 is 17.9 Å². The Balaban J connectivity index is 2.31. The van der Waals surface area contributed by atoms with E-state index in [1.54, 1.807) is 18.7 Å². The topological polar surface area (TPSA) is 84.9 Å². The molecule has 148 valence electrons. The van der Waals surface area contributed by atoms with Gasteiger partial charge in [0.05, 0.1) is 30.8 Å². The fourth-order valence-corrected chi connectivity index (χ4v) is 4.07. The van der Waals surface area contributed by atoms with Crippen LogP contribution in [0.3, 0.4) is 0 Å². The second-order valence-corrected chi connectivity index (χ2v) is 7.28. The van der Waals surface area contributed by atoms with Crippen LogP contribution in [-0.2, 0) is 23.9 Å². The maximum absolute atomic E-state index is 12.9. The Kier molecular flexibility index (Phi) is 5.88. The number of hydrogen-bond donors (Lipinski definition) is 1. The van der Waals surface area contributed by atoms with Crippen molar-refractivity contribution in [2.75, 3.05) is 26.8 Å². The summed E-state index contributed by atoms with van der Waals surface area (Å²) in [6.45, 7) is 4.55. The number of fused-ring (bicyclic) bond motifs is 1. The molecule has 1 atom stereocenters. The minimum absolute atomic E-state index is 0.131. The highest BCUT2D eigenvalue weighted by Gasteiger charge is 2.44. The number of nitrogens with zero attached hydrogens (tertiary/aromatic N) is 1. The highest BCUT2D eigenvalue weighted by atomic mass is 79.9. The monoisotopic (exact) mass is 448 g/mol. The van der Waals surface area contributed by atoms with Crippen molar-refractivity contribution in [3.05, 3.63) is 56.8 Å². The molecule has 1 amide bonds. The van der Waals surface area contributed by atoms with Gasteiger partial charge in [-0.05, 0) is 31.5 Å². The molecule has 1 saturated heterocycles. The van der Waals surface area contributed by atoms with Gasteiger partial charge in [-0.1, -0.05) is 28.1 Å². The Labute approximate surface area is 171 Å². The molecule has 0 aromatic heterocycles. The van der Waals surface area contributed by atoms with Crippen LogP contribution in [0.5, 0.6) is 0 Å². The molecule has 1 aromatic rings. The molecule has 8 heteroatoms. The SMILES string of the molecule is CCOC(=O)C1=C(C)N2CCNC(=O)C2=C(C(=O)OC)C1c1cccc(Br)c1. The first-order chi connectivity index (χ1) is 13.4. The van der Waals surface area contributed by atoms with Crippen LogP contribution < -0.4 is 5.32 Å². The van der Waals surface area contributed by atoms with E-state index >= 15 is 0 Å². The van der Waals surface area contributed by atoms with E-state index in [4.69, 9.17) is 9.47 Å². The van der Waals surface area contributed by atoms with Crippen LogP contribution in [0.2, 0.25) is 0 Å². The Morgan fingerprint density at radius 2 is 2.04 bits per heavy atom. The lowest BCUT2D eigenvalue weighted by Crippen LogP contribution is -2.49. The first kappa shape index (κ1) is 20.1. The van der Waals surface area contributed by atoms with Gasteiger partial charge in [0, 0.05) is 23.3 Å². The standard InChI is InChI=1S/C20H21BrN2O5/c1-4-28-20(26)14-11(2)23-9-8-22-18(24)17(23)16(19(25)27-3)15(14)12-6-5-7-13(21)10-12/h5-7,10,15H,4,8-9H2,1-3H3,(H,22,24). The molecule has 3 rings (SSSR count). The number of amides is 1. The minimum Gasteiger partial charge on any atom is -0.466 e. The molecule has 2 heterocycles. The third kappa shape index (κ3) is 3.44. The first-order valence-electron chi connectivity index (χ1n) is 8.92. The molecule has 1 N–H and O–H groups in total. The number of carbonyl (C=O) groups is 3. The molecule has 7 nitrogen and oxygen atoms in total. The highest BCUT2D eigenvalue weighted by Crippen LogP contribution is 2.43. The second-order valence-electron chi connectivity index (χ2n) is 6.37. The summed E-state index contributed by atoms with van der Waals surface area (Å²) in [5, 5.41) is 2.77. The summed E-state index contributed by atoms with van der Waals surface area (Å²) in [4.78, 5) is 40.1. The van der Waals surface area contributed by atoms with Gasteiger partial charge in [-0.3, -0.25) is 4.79 Å². The zero-order chi connectivity index (χ0) is 20.4. The molecular weight excluding hydrogens is 428 g/mol. The lowest BCUT2D eigenvalue weighted by molar-refractivity contribution is -0.139. The third-order valence-corrected chi connectivity index (χ3v) is 5.31. The van der Waals surface area contributed by atoms with Gasteiger partial charge in [0.25, 0.3) is 5.91 Å². The molecule has 28 heavy (non-hydrogen) atoms. The quantitative estimate of drug-likeness (QED) is 0.710. The fraction of sp³-hybridized carbons (Fsp3) is 0.350. The zero-order valence-electron chi connectivity index (χ0n) is 15.9. The van der Waals surface area contributed by atoms with Gasteiger partial charge in [-0.2, -0.15) is 0 Å². The van der Waals surface area contributed by atoms with Crippen LogP contribution in [0.4, 0.5) is 0 Å². The lowest BCUT2D eigenvalue weighted by Gasteiger charge is -2.40. The summed E-state index contributed by atoms with van der Waals surface area (Å²) in [5.41, 5.74) is 1.96. The van der Waals surface area contributed by atoms with Crippen LogP contribution in [0, 0.1) is 0 Å². The number of benzene rings is 1. The second kappa shape index (κ2) is 8.18. The summed E-state index contributed by atoms with van der Waals surface area (Å²) in [6, 6.07) is 7.28. The zero-order valence-corrected chi connectivity index (χ0v) is 17.5. The molecule has 0 bridgehead atoms. The number of piperazine rings is 1. The largest absolute Gasteiger partial charge is 0.466 e. The number of carbonyl (C=O) groups excluding carboxylic acids is 3. The maximum atomic E-state index is 12.9. The van der Waals surface area contributed by atoms with Crippen molar-refractivity contribution in [2.24, 2.45) is 0 Å². The summed E-state index contributed by atoms with van der Waals surface area (Å²) in [7, 11) is 1.26. The van der Waals surface area contributed by atoms with Crippen LogP contribution in [0.1, 0.15) is 25.3 Å². The molecule has 1 aromatic carbocycles. The van der Waals surface area contributed by atoms with Crippen molar-refractivity contribution < 1.29 is 23.9 Å². The van der Waals surface area contributed by atoms with E-state index in [2.05, 4.69) is 21.2 Å². The number of rotatable bonds is 4. The molecule has 1 fully saturated rings. The number of nitrogens with one attached hydrogen (secondary N) is 1. The summed E-state index contributed by atoms with van der Waals surface area (Å²) in [6.07, 6.45) is 0. The molecule has 0 spiro atoms. The van der Waals surface area contributed by atoms with Gasteiger partial charge in [-0.15, -0.1) is 0 Å². The lowest BCUT2D eigenvalue weighted by atomic mass is 9.79. The van der Waals surface area contributed by atoms with E-state index in [9.17, 15) is 14.4 Å². The number of methoxy groups -OCH3 is 1. The molecule has 0 aliphatic carbocycles. The minimum atomic E-state index is -0.779. The van der Waals surface area contributed by atoms with Gasteiger partial charge in [0.1, 0.15) is 5.70 Å². The van der Waals surface area contributed by atoms with Crippen molar-refractivity contribution in [3.63, 3.8) is 0 Å². The predicted molar refractivity (Wildman–Crippen MR) is 105 cm³/mol. The average Bonchev–Trinajstić information content (AvgIpc) is 2.67. The van der Waals surface area contributed by atoms with E-state index in [0.717, 1.165) is 4.47 Å². The summed E-state index contributed by atoms with van der Waals surface area (Å²) < 4.78 is 11.1. The molecule has 2 aliphatic heterocycles. The van der Waals surface area contributed by atoms with Crippen LogP contribution >= 0.6 is 15.9 Å². The Morgan fingerprint density at radius 3 is 2.68 bits per heavy atom. The van der Waals surface area contributed by atoms with Gasteiger partial charge >= 0.3 is 11.9 Å². The van der Waals surface area contributed by atoms with Crippen LogP contribution in [0.15, 0.2) is 51.3 Å². The van der Waals surface area contributed by atoms with Crippen molar-refractivity contribution in [2.45, 2.75) is 19.8 Å². The molecule has 0 radical (unpaired) electrons. The van der Waals surface area contributed by atoms with Gasteiger partial charge in [-0.25, -0.2) is 9.59 Å². The van der Waals surface area contributed by atoms with Crippen LogP contribution in [0.25, 0.3) is 0 Å².